The molecule has 1 unspecified atom stereocenters. The number of halogens is 1. The SMILES string of the molecule is CCCC(N)C(=O)Nc1cc([N+](=O)[O-])ccc1Br. The monoisotopic (exact) mass is 315 g/mol. The van der Waals surface area contributed by atoms with Crippen LogP contribution in [0.5, 0.6) is 0 Å². The van der Waals surface area contributed by atoms with E-state index in [0.717, 1.165) is 6.42 Å². The summed E-state index contributed by atoms with van der Waals surface area (Å²) in [6.07, 6.45) is 1.36. The molecule has 0 saturated heterocycles. The first-order valence-electron chi connectivity index (χ1n) is 5.46. The number of carbonyl (C=O) groups is 1. The van der Waals surface area contributed by atoms with Crippen LogP contribution >= 0.6 is 15.9 Å². The molecule has 0 heterocycles. The molecule has 0 bridgehead atoms. The molecule has 0 spiro atoms. The predicted molar refractivity (Wildman–Crippen MR) is 72.3 cm³/mol. The molecule has 98 valence electrons. The van der Waals surface area contributed by atoms with Crippen molar-refractivity contribution in [2.45, 2.75) is 25.8 Å². The van der Waals surface area contributed by atoms with Crippen LogP contribution in [0.25, 0.3) is 0 Å². The number of nitrogens with zero attached hydrogens (tertiary/aromatic N) is 1. The van der Waals surface area contributed by atoms with Gasteiger partial charge in [-0.15, -0.1) is 0 Å². The Balaban J connectivity index is 2.86. The largest absolute Gasteiger partial charge is 0.323 e. The molecule has 0 aromatic heterocycles. The number of nitro groups is 1. The number of non-ortho nitro benzene ring substituents is 1. The summed E-state index contributed by atoms with van der Waals surface area (Å²) >= 11 is 3.22. The zero-order chi connectivity index (χ0) is 13.7. The second-order valence-corrected chi connectivity index (χ2v) is 4.66. The van der Waals surface area contributed by atoms with Gasteiger partial charge in [0, 0.05) is 16.6 Å². The molecule has 1 aromatic rings. The second-order valence-electron chi connectivity index (χ2n) is 3.81. The normalized spacial score (nSPS) is 11.9. The van der Waals surface area contributed by atoms with Crippen molar-refractivity contribution in [3.63, 3.8) is 0 Å². The number of amides is 1. The van der Waals surface area contributed by atoms with Gasteiger partial charge in [-0.2, -0.15) is 0 Å². The van der Waals surface area contributed by atoms with Gasteiger partial charge in [-0.05, 0) is 28.4 Å². The van der Waals surface area contributed by atoms with Crippen LogP contribution in [0.15, 0.2) is 22.7 Å². The molecule has 7 heteroatoms. The van der Waals surface area contributed by atoms with Crippen molar-refractivity contribution < 1.29 is 9.72 Å². The maximum atomic E-state index is 11.7. The minimum Gasteiger partial charge on any atom is -0.323 e. The lowest BCUT2D eigenvalue weighted by molar-refractivity contribution is -0.384. The van der Waals surface area contributed by atoms with E-state index in [1.807, 2.05) is 6.92 Å². The summed E-state index contributed by atoms with van der Waals surface area (Å²) in [7, 11) is 0. The topological polar surface area (TPSA) is 98.3 Å². The molecule has 0 fully saturated rings. The minimum atomic E-state index is -0.610. The van der Waals surface area contributed by atoms with Gasteiger partial charge in [-0.25, -0.2) is 0 Å². The summed E-state index contributed by atoms with van der Waals surface area (Å²) in [6, 6.07) is 3.55. The molecule has 18 heavy (non-hydrogen) atoms. The van der Waals surface area contributed by atoms with E-state index in [1.54, 1.807) is 0 Å². The van der Waals surface area contributed by atoms with Crippen molar-refractivity contribution in [3.05, 3.63) is 32.8 Å². The number of hydrogen-bond donors (Lipinski definition) is 2. The molecule has 0 aliphatic rings. The van der Waals surface area contributed by atoms with Crippen LogP contribution in [0.2, 0.25) is 0 Å². The number of nitro benzene ring substituents is 1. The van der Waals surface area contributed by atoms with E-state index in [4.69, 9.17) is 5.73 Å². The van der Waals surface area contributed by atoms with Crippen LogP contribution in [-0.4, -0.2) is 16.9 Å². The molecule has 1 amide bonds. The summed E-state index contributed by atoms with van der Waals surface area (Å²) in [4.78, 5) is 21.8. The number of rotatable bonds is 5. The van der Waals surface area contributed by atoms with Crippen LogP contribution in [0, 0.1) is 10.1 Å². The molecular formula is C11H14BrN3O3. The molecule has 1 rings (SSSR count). The fourth-order valence-corrected chi connectivity index (χ4v) is 1.74. The molecule has 0 radical (unpaired) electrons. The van der Waals surface area contributed by atoms with Gasteiger partial charge in [0.25, 0.3) is 5.69 Å². The first-order chi connectivity index (χ1) is 8.45. The Labute approximate surface area is 113 Å². The lowest BCUT2D eigenvalue weighted by Gasteiger charge is -2.12. The fraction of sp³-hybridized carbons (Fsp3) is 0.364. The van der Waals surface area contributed by atoms with Crippen molar-refractivity contribution in [2.75, 3.05) is 5.32 Å². The Bertz CT molecular complexity index is 465. The van der Waals surface area contributed by atoms with Crippen molar-refractivity contribution in [3.8, 4) is 0 Å². The molecule has 0 saturated carbocycles. The van der Waals surface area contributed by atoms with Gasteiger partial charge < -0.3 is 11.1 Å². The highest BCUT2D eigenvalue weighted by Crippen LogP contribution is 2.27. The van der Waals surface area contributed by atoms with Gasteiger partial charge in [0.05, 0.1) is 16.7 Å². The minimum absolute atomic E-state index is 0.0856. The Morgan fingerprint density at radius 1 is 1.61 bits per heavy atom. The standard InChI is InChI=1S/C11H14BrN3O3/c1-2-3-9(13)11(16)14-10-6-7(15(17)18)4-5-8(10)12/h4-6,9H,2-3,13H2,1H3,(H,14,16). The van der Waals surface area contributed by atoms with Crippen LogP contribution in [0.4, 0.5) is 11.4 Å². The third kappa shape index (κ3) is 3.78. The van der Waals surface area contributed by atoms with E-state index < -0.39 is 11.0 Å². The number of nitrogens with one attached hydrogen (secondary N) is 1. The lowest BCUT2D eigenvalue weighted by Crippen LogP contribution is -2.35. The van der Waals surface area contributed by atoms with Crippen molar-refractivity contribution >= 4 is 33.2 Å². The van der Waals surface area contributed by atoms with Gasteiger partial charge >= 0.3 is 0 Å². The van der Waals surface area contributed by atoms with Gasteiger partial charge in [0.1, 0.15) is 0 Å². The number of benzene rings is 1. The van der Waals surface area contributed by atoms with E-state index in [1.165, 1.54) is 18.2 Å². The first kappa shape index (κ1) is 14.6. The zero-order valence-corrected chi connectivity index (χ0v) is 11.4. The van der Waals surface area contributed by atoms with Crippen LogP contribution in [-0.2, 0) is 4.79 Å². The van der Waals surface area contributed by atoms with Gasteiger partial charge in [0.2, 0.25) is 5.91 Å². The molecule has 1 atom stereocenters. The van der Waals surface area contributed by atoms with Crippen molar-refractivity contribution in [1.29, 1.82) is 0 Å². The Morgan fingerprint density at radius 2 is 2.28 bits per heavy atom. The quantitative estimate of drug-likeness (QED) is 0.644. The first-order valence-corrected chi connectivity index (χ1v) is 6.25. The Morgan fingerprint density at radius 3 is 2.83 bits per heavy atom. The van der Waals surface area contributed by atoms with E-state index in [0.29, 0.717) is 16.6 Å². The predicted octanol–water partition coefficient (Wildman–Crippen LogP) is 2.42. The third-order valence-electron chi connectivity index (χ3n) is 2.36. The van der Waals surface area contributed by atoms with Gasteiger partial charge in [-0.3, -0.25) is 14.9 Å². The fourth-order valence-electron chi connectivity index (χ4n) is 1.39. The maximum absolute atomic E-state index is 11.7. The van der Waals surface area contributed by atoms with E-state index in [2.05, 4.69) is 21.2 Å². The van der Waals surface area contributed by atoms with E-state index in [-0.39, 0.29) is 11.6 Å². The molecule has 1 aromatic carbocycles. The second kappa shape index (κ2) is 6.46. The smallest absolute Gasteiger partial charge is 0.271 e. The Hall–Kier alpha value is -1.47. The number of hydrogen-bond acceptors (Lipinski definition) is 4. The molecule has 3 N–H and O–H groups in total. The van der Waals surface area contributed by atoms with Gasteiger partial charge in [0.15, 0.2) is 0 Å². The average Bonchev–Trinajstić information content (AvgIpc) is 2.31. The van der Waals surface area contributed by atoms with E-state index >= 15 is 0 Å². The molecular weight excluding hydrogens is 302 g/mol. The van der Waals surface area contributed by atoms with Crippen LogP contribution in [0.3, 0.4) is 0 Å². The Kier molecular flexibility index (Phi) is 5.24. The van der Waals surface area contributed by atoms with Gasteiger partial charge in [-0.1, -0.05) is 13.3 Å². The number of nitrogens with two attached hydrogens (primary N) is 1. The zero-order valence-electron chi connectivity index (χ0n) is 9.85. The van der Waals surface area contributed by atoms with E-state index in [9.17, 15) is 14.9 Å². The lowest BCUT2D eigenvalue weighted by atomic mass is 10.1. The van der Waals surface area contributed by atoms with Crippen molar-refractivity contribution in [2.24, 2.45) is 5.73 Å². The maximum Gasteiger partial charge on any atom is 0.271 e. The number of carbonyl (C=O) groups excluding carboxylic acids is 1. The summed E-state index contributed by atoms with van der Waals surface area (Å²) < 4.78 is 0.574. The van der Waals surface area contributed by atoms with Crippen molar-refractivity contribution in [1.82, 2.24) is 0 Å². The molecule has 6 nitrogen and oxygen atoms in total. The highest BCUT2D eigenvalue weighted by atomic mass is 79.9. The summed E-state index contributed by atoms with van der Waals surface area (Å²) in [5.74, 6) is -0.349. The van der Waals surface area contributed by atoms with Crippen LogP contribution < -0.4 is 11.1 Å². The third-order valence-corrected chi connectivity index (χ3v) is 3.05. The highest BCUT2D eigenvalue weighted by Gasteiger charge is 2.16. The molecule has 0 aliphatic carbocycles. The summed E-state index contributed by atoms with van der Waals surface area (Å²) in [5, 5.41) is 13.2. The summed E-state index contributed by atoms with van der Waals surface area (Å²) in [6.45, 7) is 1.93. The van der Waals surface area contributed by atoms with Crippen LogP contribution in [0.1, 0.15) is 19.8 Å². The number of anilines is 1. The molecule has 0 aliphatic heterocycles. The summed E-state index contributed by atoms with van der Waals surface area (Å²) in [5.41, 5.74) is 5.92. The highest BCUT2D eigenvalue weighted by molar-refractivity contribution is 9.10. The average molecular weight is 316 g/mol.